The molecule has 0 amide bonds. The maximum Gasteiger partial charge on any atom is 0.155 e. The molecule has 0 unspecified atom stereocenters. The molecule has 0 saturated heterocycles. The molecule has 5 nitrogen and oxygen atoms in total. The molecule has 0 aliphatic carbocycles. The highest BCUT2D eigenvalue weighted by Crippen LogP contribution is 1.92. The van der Waals surface area contributed by atoms with Crippen molar-refractivity contribution >= 4 is 15.6 Å². The van der Waals surface area contributed by atoms with Gasteiger partial charge in [0.1, 0.15) is 16.4 Å². The van der Waals surface area contributed by atoms with Gasteiger partial charge in [0.2, 0.25) is 0 Å². The van der Waals surface area contributed by atoms with Gasteiger partial charge in [0.15, 0.2) is 5.78 Å². The van der Waals surface area contributed by atoms with E-state index in [1.807, 2.05) is 11.8 Å². The third-order valence-electron chi connectivity index (χ3n) is 1.80. The Morgan fingerprint density at radius 2 is 2.00 bits per heavy atom. The van der Waals surface area contributed by atoms with Gasteiger partial charge in [-0.3, -0.25) is 9.69 Å². The topological polar surface area (TPSA) is 63.7 Å². The summed E-state index contributed by atoms with van der Waals surface area (Å²) in [5, 5.41) is 0. The quantitative estimate of drug-likeness (QED) is 0.552. The SMILES string of the molecule is CCN(CCS(C)(=O)=O)COCC(C)=O. The van der Waals surface area contributed by atoms with Crippen LogP contribution in [0, 0.1) is 0 Å². The Bertz CT molecular complexity index is 286. The first kappa shape index (κ1) is 14.5. The maximum absolute atomic E-state index is 10.9. The third-order valence-corrected chi connectivity index (χ3v) is 2.73. The van der Waals surface area contributed by atoms with Crippen molar-refractivity contribution in [3.8, 4) is 0 Å². The first-order chi connectivity index (χ1) is 6.85. The largest absolute Gasteiger partial charge is 0.358 e. The first-order valence-corrected chi connectivity index (χ1v) is 6.88. The second-order valence-electron chi connectivity index (χ2n) is 3.52. The molecule has 90 valence electrons. The number of carbonyl (C=O) groups excluding carboxylic acids is 1. The lowest BCUT2D eigenvalue weighted by atomic mass is 10.5. The highest BCUT2D eigenvalue weighted by atomic mass is 32.2. The van der Waals surface area contributed by atoms with Crippen LogP contribution in [0.5, 0.6) is 0 Å². The van der Waals surface area contributed by atoms with Gasteiger partial charge in [0, 0.05) is 12.8 Å². The minimum absolute atomic E-state index is 0.0332. The predicted octanol–water partition coefficient (Wildman–Crippen LogP) is -0.0840. The van der Waals surface area contributed by atoms with Crippen LogP contribution in [-0.2, 0) is 19.4 Å². The smallest absolute Gasteiger partial charge is 0.155 e. The summed E-state index contributed by atoms with van der Waals surface area (Å²) in [6.45, 7) is 4.88. The molecule has 6 heteroatoms. The van der Waals surface area contributed by atoms with Crippen molar-refractivity contribution in [2.24, 2.45) is 0 Å². The highest BCUT2D eigenvalue weighted by Gasteiger charge is 2.07. The Kier molecular flexibility index (Phi) is 6.71. The zero-order chi connectivity index (χ0) is 11.9. The summed E-state index contributed by atoms with van der Waals surface area (Å²) in [7, 11) is -2.93. The Morgan fingerprint density at radius 3 is 2.40 bits per heavy atom. The van der Waals surface area contributed by atoms with Crippen molar-refractivity contribution in [2.75, 3.05) is 38.4 Å². The molecule has 0 saturated carbocycles. The van der Waals surface area contributed by atoms with Crippen LogP contribution in [0.1, 0.15) is 13.8 Å². The molecule has 0 aromatic heterocycles. The van der Waals surface area contributed by atoms with Crippen molar-refractivity contribution in [3.63, 3.8) is 0 Å². The van der Waals surface area contributed by atoms with E-state index in [1.54, 1.807) is 0 Å². The summed E-state index contributed by atoms with van der Waals surface area (Å²) in [6.07, 6.45) is 1.21. The average Bonchev–Trinajstić information content (AvgIpc) is 2.08. The fourth-order valence-electron chi connectivity index (χ4n) is 0.927. The van der Waals surface area contributed by atoms with Gasteiger partial charge < -0.3 is 4.74 Å². The number of ether oxygens (including phenoxy) is 1. The van der Waals surface area contributed by atoms with Gasteiger partial charge in [-0.15, -0.1) is 0 Å². The summed E-state index contributed by atoms with van der Waals surface area (Å²) in [5.41, 5.74) is 0. The third kappa shape index (κ3) is 9.84. The van der Waals surface area contributed by atoms with Gasteiger partial charge >= 0.3 is 0 Å². The van der Waals surface area contributed by atoms with Gasteiger partial charge in [-0.1, -0.05) is 6.92 Å². The van der Waals surface area contributed by atoms with Crippen LogP contribution in [0.3, 0.4) is 0 Å². The van der Waals surface area contributed by atoms with Crippen LogP contribution in [0.15, 0.2) is 0 Å². The molecule has 0 atom stereocenters. The fourth-order valence-corrected chi connectivity index (χ4v) is 1.52. The number of Topliss-reactive ketones (excluding diaryl/α,β-unsaturated/α-hetero) is 1. The van der Waals surface area contributed by atoms with E-state index >= 15 is 0 Å². The number of hydrogen-bond donors (Lipinski definition) is 0. The van der Waals surface area contributed by atoms with E-state index in [2.05, 4.69) is 0 Å². The van der Waals surface area contributed by atoms with Crippen LogP contribution in [-0.4, -0.2) is 57.5 Å². The molecule has 0 aromatic rings. The summed E-state index contributed by atoms with van der Waals surface area (Å²) < 4.78 is 26.9. The van der Waals surface area contributed by atoms with Crippen molar-refractivity contribution < 1.29 is 17.9 Å². The lowest BCUT2D eigenvalue weighted by molar-refractivity contribution is -0.123. The van der Waals surface area contributed by atoms with E-state index in [9.17, 15) is 13.2 Å². The number of sulfone groups is 1. The van der Waals surface area contributed by atoms with Gasteiger partial charge in [-0.2, -0.15) is 0 Å². The van der Waals surface area contributed by atoms with Gasteiger partial charge in [0.25, 0.3) is 0 Å². The Morgan fingerprint density at radius 1 is 1.40 bits per heavy atom. The normalized spacial score (nSPS) is 12.0. The second kappa shape index (κ2) is 6.92. The molecule has 0 rings (SSSR count). The molecule has 0 aliphatic heterocycles. The molecule has 0 aliphatic rings. The summed E-state index contributed by atoms with van der Waals surface area (Å²) in [6, 6.07) is 0. The number of nitrogens with zero attached hydrogens (tertiary/aromatic N) is 1. The van der Waals surface area contributed by atoms with Crippen molar-refractivity contribution in [2.45, 2.75) is 13.8 Å². The van der Waals surface area contributed by atoms with E-state index in [4.69, 9.17) is 4.74 Å². The Labute approximate surface area is 91.3 Å². The van der Waals surface area contributed by atoms with Crippen molar-refractivity contribution in [1.29, 1.82) is 0 Å². The van der Waals surface area contributed by atoms with Crippen LogP contribution in [0.4, 0.5) is 0 Å². The fraction of sp³-hybridized carbons (Fsp3) is 0.889. The molecule has 0 N–H and O–H groups in total. The molecule has 0 spiro atoms. The zero-order valence-corrected chi connectivity index (χ0v) is 10.3. The van der Waals surface area contributed by atoms with Gasteiger partial charge in [-0.05, 0) is 13.5 Å². The minimum atomic E-state index is -2.93. The number of hydrogen-bond acceptors (Lipinski definition) is 5. The molecule has 0 radical (unpaired) electrons. The standard InChI is InChI=1S/C9H19NO4S/c1-4-10(5-6-15(3,12)13)8-14-7-9(2)11/h4-8H2,1-3H3. The molecule has 0 aromatic carbocycles. The lowest BCUT2D eigenvalue weighted by Gasteiger charge is -2.19. The number of ketones is 1. The summed E-state index contributed by atoms with van der Waals surface area (Å²) in [5.74, 6) is 0.0822. The second-order valence-corrected chi connectivity index (χ2v) is 5.78. The molecule has 15 heavy (non-hydrogen) atoms. The zero-order valence-electron chi connectivity index (χ0n) is 9.52. The molecule has 0 bridgehead atoms. The van der Waals surface area contributed by atoms with Crippen LogP contribution in [0.25, 0.3) is 0 Å². The van der Waals surface area contributed by atoms with Crippen LogP contribution >= 0.6 is 0 Å². The van der Waals surface area contributed by atoms with E-state index in [0.29, 0.717) is 19.8 Å². The van der Waals surface area contributed by atoms with Crippen molar-refractivity contribution in [1.82, 2.24) is 4.90 Å². The Balaban J connectivity index is 3.78. The van der Waals surface area contributed by atoms with Crippen LogP contribution < -0.4 is 0 Å². The number of rotatable bonds is 8. The monoisotopic (exact) mass is 237 g/mol. The van der Waals surface area contributed by atoms with E-state index < -0.39 is 9.84 Å². The molecule has 0 heterocycles. The average molecular weight is 237 g/mol. The van der Waals surface area contributed by atoms with Crippen molar-refractivity contribution in [3.05, 3.63) is 0 Å². The van der Waals surface area contributed by atoms with E-state index in [-0.39, 0.29) is 18.1 Å². The van der Waals surface area contributed by atoms with E-state index in [1.165, 1.54) is 13.2 Å². The number of carbonyl (C=O) groups is 1. The minimum Gasteiger partial charge on any atom is -0.358 e. The van der Waals surface area contributed by atoms with Gasteiger partial charge in [-0.25, -0.2) is 8.42 Å². The summed E-state index contributed by atoms with van der Waals surface area (Å²) in [4.78, 5) is 12.4. The predicted molar refractivity (Wildman–Crippen MR) is 58.5 cm³/mol. The molecular formula is C9H19NO4S. The highest BCUT2D eigenvalue weighted by molar-refractivity contribution is 7.90. The first-order valence-electron chi connectivity index (χ1n) is 4.82. The van der Waals surface area contributed by atoms with Crippen LogP contribution in [0.2, 0.25) is 0 Å². The maximum atomic E-state index is 10.9. The molecular weight excluding hydrogens is 218 g/mol. The van der Waals surface area contributed by atoms with Gasteiger partial charge in [0.05, 0.1) is 12.5 Å². The lowest BCUT2D eigenvalue weighted by Crippen LogP contribution is -2.31. The Hall–Kier alpha value is -0.460. The molecule has 0 fully saturated rings. The summed E-state index contributed by atoms with van der Waals surface area (Å²) >= 11 is 0. The van der Waals surface area contributed by atoms with E-state index in [0.717, 1.165) is 0 Å².